The van der Waals surface area contributed by atoms with Crippen LogP contribution in [0.2, 0.25) is 0 Å². The maximum absolute atomic E-state index is 13.7. The van der Waals surface area contributed by atoms with Crippen molar-refractivity contribution in [3.8, 4) is 0 Å². The molecule has 1 aromatic carbocycles. The van der Waals surface area contributed by atoms with Crippen LogP contribution in [0.25, 0.3) is 0 Å². The first kappa shape index (κ1) is 17.3. The highest BCUT2D eigenvalue weighted by Gasteiger charge is 2.30. The number of carbonyl (C=O) groups is 3. The van der Waals surface area contributed by atoms with Gasteiger partial charge in [-0.15, -0.1) is 0 Å². The van der Waals surface area contributed by atoms with Gasteiger partial charge in [-0.25, -0.2) is 9.18 Å². The maximum Gasteiger partial charge on any atom is 0.322 e. The van der Waals surface area contributed by atoms with E-state index >= 15 is 0 Å². The van der Waals surface area contributed by atoms with E-state index in [4.69, 9.17) is 0 Å². The van der Waals surface area contributed by atoms with Crippen molar-refractivity contribution in [3.05, 3.63) is 35.6 Å². The van der Waals surface area contributed by atoms with E-state index in [1.54, 1.807) is 17.0 Å². The molecular weight excluding hydrogens is 327 g/mol. The Hall–Kier alpha value is -2.48. The number of hydrogen-bond donors (Lipinski definition) is 2. The molecule has 2 heterocycles. The standard InChI is InChI=1S/C17H21FN4O3/c18-13-4-2-1-3-12(13)11-21-7-9-22(10-8-21)15(23)6-5-14-16(24)20-17(25)19-14/h1-4,14H,5-11H2,(H2,19,20,24,25)/t14-/m0/s1. The van der Waals surface area contributed by atoms with Gasteiger partial charge in [-0.2, -0.15) is 0 Å². The second-order valence-electron chi connectivity index (χ2n) is 6.30. The zero-order valence-corrected chi connectivity index (χ0v) is 13.8. The first-order valence-electron chi connectivity index (χ1n) is 8.38. The molecule has 0 radical (unpaired) electrons. The van der Waals surface area contributed by atoms with E-state index < -0.39 is 12.1 Å². The van der Waals surface area contributed by atoms with Crippen LogP contribution in [0.5, 0.6) is 0 Å². The highest BCUT2D eigenvalue weighted by atomic mass is 19.1. The molecule has 3 rings (SSSR count). The second kappa shape index (κ2) is 7.60. The van der Waals surface area contributed by atoms with Gasteiger partial charge in [0.1, 0.15) is 11.9 Å². The summed E-state index contributed by atoms with van der Waals surface area (Å²) in [6, 6.07) is 5.57. The quantitative estimate of drug-likeness (QED) is 0.758. The van der Waals surface area contributed by atoms with Crippen LogP contribution < -0.4 is 10.6 Å². The van der Waals surface area contributed by atoms with Gasteiger partial charge in [0.2, 0.25) is 5.91 Å². The van der Waals surface area contributed by atoms with Gasteiger partial charge >= 0.3 is 6.03 Å². The highest BCUT2D eigenvalue weighted by molar-refractivity contribution is 6.04. The summed E-state index contributed by atoms with van der Waals surface area (Å²) < 4.78 is 13.7. The largest absolute Gasteiger partial charge is 0.340 e. The number of halogens is 1. The van der Waals surface area contributed by atoms with Gasteiger partial charge in [0.25, 0.3) is 5.91 Å². The highest BCUT2D eigenvalue weighted by Crippen LogP contribution is 2.13. The van der Waals surface area contributed by atoms with Gasteiger partial charge in [0.15, 0.2) is 0 Å². The van der Waals surface area contributed by atoms with Crippen molar-refractivity contribution in [1.82, 2.24) is 20.4 Å². The van der Waals surface area contributed by atoms with E-state index in [9.17, 15) is 18.8 Å². The van der Waals surface area contributed by atoms with Crippen molar-refractivity contribution in [3.63, 3.8) is 0 Å². The van der Waals surface area contributed by atoms with Gasteiger partial charge in [0.05, 0.1) is 0 Å². The summed E-state index contributed by atoms with van der Waals surface area (Å²) in [7, 11) is 0. The van der Waals surface area contributed by atoms with Crippen LogP contribution in [0.3, 0.4) is 0 Å². The van der Waals surface area contributed by atoms with Crippen LogP contribution in [0.4, 0.5) is 9.18 Å². The van der Waals surface area contributed by atoms with E-state index in [0.29, 0.717) is 44.7 Å². The van der Waals surface area contributed by atoms with Crippen molar-refractivity contribution in [2.45, 2.75) is 25.4 Å². The molecule has 4 amide bonds. The summed E-state index contributed by atoms with van der Waals surface area (Å²) in [5.41, 5.74) is 0.658. The van der Waals surface area contributed by atoms with Crippen molar-refractivity contribution in [2.24, 2.45) is 0 Å². The Morgan fingerprint density at radius 2 is 1.88 bits per heavy atom. The number of rotatable bonds is 5. The topological polar surface area (TPSA) is 81.8 Å². The molecule has 0 spiro atoms. The third kappa shape index (κ3) is 4.33. The van der Waals surface area contributed by atoms with Crippen LogP contribution >= 0.6 is 0 Å². The molecular formula is C17H21FN4O3. The Bertz CT molecular complexity index is 674. The minimum atomic E-state index is -0.626. The number of amides is 4. The van der Waals surface area contributed by atoms with Gasteiger partial charge in [0, 0.05) is 44.7 Å². The molecule has 2 fully saturated rings. The molecule has 134 valence electrons. The molecule has 1 atom stereocenters. The van der Waals surface area contributed by atoms with Gasteiger partial charge in [-0.05, 0) is 12.5 Å². The number of benzene rings is 1. The molecule has 0 bridgehead atoms. The SMILES string of the molecule is O=C1NC(=O)[C@H](CCC(=O)N2CCN(Cc3ccccc3F)CC2)N1. The maximum atomic E-state index is 13.7. The van der Waals surface area contributed by atoms with Gasteiger partial charge in [-0.1, -0.05) is 18.2 Å². The fourth-order valence-corrected chi connectivity index (χ4v) is 3.11. The Balaban J connectivity index is 1.42. The first-order valence-corrected chi connectivity index (χ1v) is 8.38. The van der Waals surface area contributed by atoms with Crippen LogP contribution in [-0.2, 0) is 16.1 Å². The Morgan fingerprint density at radius 3 is 2.52 bits per heavy atom. The van der Waals surface area contributed by atoms with Crippen LogP contribution in [0.15, 0.2) is 24.3 Å². The zero-order chi connectivity index (χ0) is 17.8. The second-order valence-corrected chi connectivity index (χ2v) is 6.30. The lowest BCUT2D eigenvalue weighted by Gasteiger charge is -2.35. The molecule has 25 heavy (non-hydrogen) atoms. The Morgan fingerprint density at radius 1 is 1.16 bits per heavy atom. The van der Waals surface area contributed by atoms with Crippen LogP contribution in [0.1, 0.15) is 18.4 Å². The van der Waals surface area contributed by atoms with Gasteiger partial charge in [-0.3, -0.25) is 19.8 Å². The van der Waals surface area contributed by atoms with E-state index in [1.165, 1.54) is 6.07 Å². The molecule has 2 aliphatic heterocycles. The molecule has 0 saturated carbocycles. The smallest absolute Gasteiger partial charge is 0.322 e. The number of piperazine rings is 1. The summed E-state index contributed by atoms with van der Waals surface area (Å²) >= 11 is 0. The van der Waals surface area contributed by atoms with Crippen LogP contribution in [-0.4, -0.2) is 59.9 Å². The molecule has 2 N–H and O–H groups in total. The minimum absolute atomic E-state index is 0.0282. The predicted molar refractivity (Wildman–Crippen MR) is 88.0 cm³/mol. The summed E-state index contributed by atoms with van der Waals surface area (Å²) in [5, 5.41) is 4.64. The third-order valence-corrected chi connectivity index (χ3v) is 4.58. The lowest BCUT2D eigenvalue weighted by molar-refractivity contribution is -0.133. The van der Waals surface area contributed by atoms with Gasteiger partial charge < -0.3 is 10.2 Å². The average Bonchev–Trinajstić information content (AvgIpc) is 2.93. The molecule has 8 heteroatoms. The molecule has 2 saturated heterocycles. The third-order valence-electron chi connectivity index (χ3n) is 4.58. The van der Waals surface area contributed by atoms with Crippen molar-refractivity contribution in [2.75, 3.05) is 26.2 Å². The van der Waals surface area contributed by atoms with E-state index in [2.05, 4.69) is 15.5 Å². The normalized spacial score (nSPS) is 21.2. The Labute approximate surface area is 145 Å². The number of carbonyl (C=O) groups excluding carboxylic acids is 3. The fraction of sp³-hybridized carbons (Fsp3) is 0.471. The zero-order valence-electron chi connectivity index (χ0n) is 13.8. The molecule has 0 unspecified atom stereocenters. The number of urea groups is 1. The molecule has 0 aromatic heterocycles. The lowest BCUT2D eigenvalue weighted by atomic mass is 10.1. The molecule has 1 aromatic rings. The fourth-order valence-electron chi connectivity index (χ4n) is 3.11. The lowest BCUT2D eigenvalue weighted by Crippen LogP contribution is -2.48. The molecule has 0 aliphatic carbocycles. The monoisotopic (exact) mass is 348 g/mol. The number of nitrogens with zero attached hydrogens (tertiary/aromatic N) is 2. The van der Waals surface area contributed by atoms with E-state index in [1.807, 2.05) is 6.07 Å². The van der Waals surface area contributed by atoms with Crippen molar-refractivity contribution < 1.29 is 18.8 Å². The van der Waals surface area contributed by atoms with E-state index in [0.717, 1.165) is 0 Å². The molecule has 7 nitrogen and oxygen atoms in total. The average molecular weight is 348 g/mol. The molecule has 2 aliphatic rings. The van der Waals surface area contributed by atoms with E-state index in [-0.39, 0.29) is 24.1 Å². The summed E-state index contributed by atoms with van der Waals surface area (Å²) in [6.45, 7) is 3.05. The Kier molecular flexibility index (Phi) is 5.28. The van der Waals surface area contributed by atoms with Crippen molar-refractivity contribution in [1.29, 1.82) is 0 Å². The van der Waals surface area contributed by atoms with Crippen LogP contribution in [0, 0.1) is 5.82 Å². The summed E-state index contributed by atoms with van der Waals surface area (Å²) in [4.78, 5) is 38.7. The number of imide groups is 1. The summed E-state index contributed by atoms with van der Waals surface area (Å²) in [6.07, 6.45) is 0.511. The number of nitrogens with one attached hydrogen (secondary N) is 2. The predicted octanol–water partition coefficient (Wildman–Crippen LogP) is 0.458. The first-order chi connectivity index (χ1) is 12.0. The summed E-state index contributed by atoms with van der Waals surface area (Å²) in [5.74, 6) is -0.620. The minimum Gasteiger partial charge on any atom is -0.340 e. The number of hydrogen-bond acceptors (Lipinski definition) is 4. The van der Waals surface area contributed by atoms with Crippen molar-refractivity contribution >= 4 is 17.8 Å².